The Hall–Kier alpha value is -1.69. The van der Waals surface area contributed by atoms with Crippen molar-refractivity contribution < 1.29 is 9.53 Å². The van der Waals surface area contributed by atoms with Crippen molar-refractivity contribution in [2.24, 2.45) is 5.92 Å². The van der Waals surface area contributed by atoms with E-state index in [0.29, 0.717) is 19.8 Å². The van der Waals surface area contributed by atoms with E-state index in [9.17, 15) is 4.79 Å². The van der Waals surface area contributed by atoms with Gasteiger partial charge in [-0.15, -0.1) is 0 Å². The number of carbonyl (C=O) groups is 1. The first-order valence-electron chi connectivity index (χ1n) is 8.09. The van der Waals surface area contributed by atoms with Crippen LogP contribution in [0.5, 0.6) is 0 Å². The van der Waals surface area contributed by atoms with Gasteiger partial charge < -0.3 is 15.0 Å². The van der Waals surface area contributed by atoms with E-state index in [4.69, 9.17) is 4.74 Å². The van der Waals surface area contributed by atoms with Crippen LogP contribution in [0.4, 0.5) is 5.95 Å². The van der Waals surface area contributed by atoms with Crippen molar-refractivity contribution in [2.75, 3.05) is 31.2 Å². The number of ether oxygens (including phenoxy) is 1. The monoisotopic (exact) mass is 306 g/mol. The maximum absolute atomic E-state index is 12.1. The zero-order valence-electron chi connectivity index (χ0n) is 13.8. The zero-order valence-corrected chi connectivity index (χ0v) is 13.8. The van der Waals surface area contributed by atoms with E-state index in [2.05, 4.69) is 20.2 Å². The van der Waals surface area contributed by atoms with Gasteiger partial charge in [0.1, 0.15) is 0 Å². The van der Waals surface area contributed by atoms with Gasteiger partial charge in [-0.3, -0.25) is 4.79 Å². The minimum Gasteiger partial charge on any atom is -0.378 e. The Morgan fingerprint density at radius 1 is 1.32 bits per heavy atom. The van der Waals surface area contributed by atoms with Crippen LogP contribution in [-0.2, 0) is 16.1 Å². The number of hydrogen-bond acceptors (Lipinski definition) is 5. The lowest BCUT2D eigenvalue weighted by Gasteiger charge is -2.27. The lowest BCUT2D eigenvalue weighted by molar-refractivity contribution is -0.125. The summed E-state index contributed by atoms with van der Waals surface area (Å²) >= 11 is 0. The van der Waals surface area contributed by atoms with Crippen molar-refractivity contribution in [1.82, 2.24) is 15.3 Å². The molecule has 1 saturated heterocycles. The molecule has 6 nitrogen and oxygen atoms in total. The second kappa shape index (κ2) is 8.08. The second-order valence-corrected chi connectivity index (χ2v) is 5.63. The van der Waals surface area contributed by atoms with Crippen molar-refractivity contribution >= 4 is 11.9 Å². The molecule has 1 aromatic rings. The van der Waals surface area contributed by atoms with E-state index in [-0.39, 0.29) is 11.8 Å². The quantitative estimate of drug-likeness (QED) is 0.866. The second-order valence-electron chi connectivity index (χ2n) is 5.63. The van der Waals surface area contributed by atoms with Gasteiger partial charge in [-0.05, 0) is 25.8 Å². The van der Waals surface area contributed by atoms with Gasteiger partial charge in [0.15, 0.2) is 0 Å². The van der Waals surface area contributed by atoms with Gasteiger partial charge in [0, 0.05) is 24.7 Å². The van der Waals surface area contributed by atoms with Crippen LogP contribution >= 0.6 is 0 Å². The normalized spacial score (nSPS) is 15.2. The number of anilines is 1. The molecule has 0 spiro atoms. The molecule has 0 radical (unpaired) electrons. The zero-order chi connectivity index (χ0) is 15.9. The summed E-state index contributed by atoms with van der Waals surface area (Å²) < 4.78 is 5.36. The average Bonchev–Trinajstić information content (AvgIpc) is 2.54. The summed E-state index contributed by atoms with van der Waals surface area (Å²) in [5.41, 5.74) is 1.77. The number of nitrogens with one attached hydrogen (secondary N) is 1. The Labute approximate surface area is 132 Å². The van der Waals surface area contributed by atoms with Crippen LogP contribution in [-0.4, -0.2) is 42.2 Å². The third kappa shape index (κ3) is 4.40. The summed E-state index contributed by atoms with van der Waals surface area (Å²) in [6, 6.07) is 1.93. The average molecular weight is 306 g/mol. The minimum atomic E-state index is 0.0849. The summed E-state index contributed by atoms with van der Waals surface area (Å²) in [6.07, 6.45) is 1.73. The molecule has 6 heteroatoms. The topological polar surface area (TPSA) is 67.4 Å². The Bertz CT molecular complexity index is 497. The first-order valence-corrected chi connectivity index (χ1v) is 8.09. The Morgan fingerprint density at radius 2 is 2.00 bits per heavy atom. The molecule has 2 rings (SSSR count). The minimum absolute atomic E-state index is 0.0849. The Morgan fingerprint density at radius 3 is 2.64 bits per heavy atom. The number of carbonyl (C=O) groups excluding carboxylic acids is 1. The molecule has 1 aliphatic rings. The molecule has 0 bridgehead atoms. The van der Waals surface area contributed by atoms with Crippen LogP contribution in [0, 0.1) is 12.8 Å². The fourth-order valence-corrected chi connectivity index (χ4v) is 2.59. The van der Waals surface area contributed by atoms with Gasteiger partial charge in [-0.2, -0.15) is 0 Å². The van der Waals surface area contributed by atoms with Crippen molar-refractivity contribution in [2.45, 2.75) is 40.2 Å². The highest BCUT2D eigenvalue weighted by atomic mass is 16.5. The fourth-order valence-electron chi connectivity index (χ4n) is 2.59. The molecule has 0 aromatic carbocycles. The van der Waals surface area contributed by atoms with Crippen molar-refractivity contribution in [3.05, 3.63) is 17.5 Å². The van der Waals surface area contributed by atoms with Crippen molar-refractivity contribution in [3.8, 4) is 0 Å². The molecular formula is C16H26N4O2. The van der Waals surface area contributed by atoms with E-state index in [1.165, 1.54) is 0 Å². The number of hydrogen-bond donors (Lipinski definition) is 1. The maximum atomic E-state index is 12.1. The molecule has 0 atom stereocenters. The van der Waals surface area contributed by atoms with Gasteiger partial charge >= 0.3 is 0 Å². The first kappa shape index (κ1) is 16.7. The van der Waals surface area contributed by atoms with Crippen LogP contribution in [0.2, 0.25) is 0 Å². The maximum Gasteiger partial charge on any atom is 0.225 e. The summed E-state index contributed by atoms with van der Waals surface area (Å²) in [4.78, 5) is 23.3. The lowest BCUT2D eigenvalue weighted by atomic mass is 10.0. The third-order valence-electron chi connectivity index (χ3n) is 3.99. The molecular weight excluding hydrogens is 280 g/mol. The summed E-state index contributed by atoms with van der Waals surface area (Å²) in [5.74, 6) is 0.922. The Kier molecular flexibility index (Phi) is 6.12. The predicted molar refractivity (Wildman–Crippen MR) is 85.7 cm³/mol. The first-order chi connectivity index (χ1) is 10.6. The van der Waals surface area contributed by atoms with Crippen molar-refractivity contribution in [3.63, 3.8) is 0 Å². The van der Waals surface area contributed by atoms with Gasteiger partial charge in [-0.25, -0.2) is 9.97 Å². The highest BCUT2D eigenvalue weighted by molar-refractivity contribution is 5.78. The van der Waals surface area contributed by atoms with Gasteiger partial charge in [0.05, 0.1) is 25.5 Å². The molecule has 0 saturated carbocycles. The van der Waals surface area contributed by atoms with Crippen LogP contribution in [0.15, 0.2) is 6.07 Å². The van der Waals surface area contributed by atoms with Crippen molar-refractivity contribution in [1.29, 1.82) is 0 Å². The largest absolute Gasteiger partial charge is 0.378 e. The lowest BCUT2D eigenvalue weighted by Crippen LogP contribution is -2.37. The van der Waals surface area contributed by atoms with Crippen LogP contribution < -0.4 is 10.2 Å². The highest BCUT2D eigenvalue weighted by Crippen LogP contribution is 2.13. The Balaban J connectivity index is 2.01. The summed E-state index contributed by atoms with van der Waals surface area (Å²) in [7, 11) is 0. The van der Waals surface area contributed by atoms with Gasteiger partial charge in [-0.1, -0.05) is 13.8 Å². The summed E-state index contributed by atoms with van der Waals surface area (Å²) in [6.45, 7) is 9.52. The number of amides is 1. The molecule has 2 heterocycles. The van der Waals surface area contributed by atoms with E-state index < -0.39 is 0 Å². The standard InChI is InChI=1S/C16H26N4O2/c1-4-13(5-2)15(21)17-11-14-10-12(3)18-16(19-14)20-6-8-22-9-7-20/h10,13H,4-9,11H2,1-3H3,(H,17,21). The van der Waals surface area contributed by atoms with E-state index in [1.54, 1.807) is 0 Å². The molecule has 122 valence electrons. The van der Waals surface area contributed by atoms with Crippen LogP contribution in [0.25, 0.3) is 0 Å². The molecule has 1 aliphatic heterocycles. The number of aryl methyl sites for hydroxylation is 1. The van der Waals surface area contributed by atoms with Gasteiger partial charge in [0.25, 0.3) is 0 Å². The van der Waals surface area contributed by atoms with E-state index in [1.807, 2.05) is 26.8 Å². The molecule has 1 N–H and O–H groups in total. The fraction of sp³-hybridized carbons (Fsp3) is 0.688. The van der Waals surface area contributed by atoms with Gasteiger partial charge in [0.2, 0.25) is 11.9 Å². The molecule has 0 unspecified atom stereocenters. The molecule has 22 heavy (non-hydrogen) atoms. The predicted octanol–water partition coefficient (Wildman–Crippen LogP) is 1.67. The van der Waals surface area contributed by atoms with Crippen LogP contribution in [0.1, 0.15) is 38.1 Å². The number of rotatable bonds is 6. The number of aromatic nitrogens is 2. The van der Waals surface area contributed by atoms with Crippen LogP contribution in [0.3, 0.4) is 0 Å². The summed E-state index contributed by atoms with van der Waals surface area (Å²) in [5, 5.41) is 2.99. The highest BCUT2D eigenvalue weighted by Gasteiger charge is 2.16. The number of morpholine rings is 1. The molecule has 0 aliphatic carbocycles. The SMILES string of the molecule is CCC(CC)C(=O)NCc1cc(C)nc(N2CCOCC2)n1. The van der Waals surface area contributed by atoms with E-state index >= 15 is 0 Å². The number of nitrogens with zero attached hydrogens (tertiary/aromatic N) is 3. The molecule has 1 fully saturated rings. The third-order valence-corrected chi connectivity index (χ3v) is 3.99. The van der Waals surface area contributed by atoms with E-state index in [0.717, 1.165) is 43.3 Å². The smallest absolute Gasteiger partial charge is 0.225 e. The molecule has 1 amide bonds. The molecule has 1 aromatic heterocycles.